The number of aromatic nitrogens is 4. The van der Waals surface area contributed by atoms with E-state index in [1.165, 1.54) is 25.7 Å². The van der Waals surface area contributed by atoms with Crippen molar-refractivity contribution in [2.24, 2.45) is 0 Å². The fraction of sp³-hybridized carbons (Fsp3) is 0.450. The van der Waals surface area contributed by atoms with E-state index < -0.39 is 0 Å². The Kier molecular flexibility index (Phi) is 4.77. The first-order valence-corrected chi connectivity index (χ1v) is 10.6. The van der Waals surface area contributed by atoms with Crippen molar-refractivity contribution in [3.05, 3.63) is 40.9 Å². The lowest BCUT2D eigenvalue weighted by molar-refractivity contribution is 0.529. The summed E-state index contributed by atoms with van der Waals surface area (Å²) in [6.45, 7) is 3.55. The van der Waals surface area contributed by atoms with Crippen LogP contribution in [0.5, 0.6) is 0 Å². The quantitative estimate of drug-likeness (QED) is 0.625. The molecule has 1 aliphatic heterocycles. The second-order valence-electron chi connectivity index (χ2n) is 7.53. The van der Waals surface area contributed by atoms with E-state index in [2.05, 4.69) is 29.3 Å². The molecule has 1 aromatic carbocycles. The Labute approximate surface area is 174 Å². The van der Waals surface area contributed by atoms with Gasteiger partial charge in [0.2, 0.25) is 0 Å². The molecular weight excluding hydrogens is 395 g/mol. The minimum Gasteiger partial charge on any atom is -0.368 e. The molecule has 0 atom stereocenters. The maximum atomic E-state index is 6.18. The molecular formula is C20H22Cl2N6. The van der Waals surface area contributed by atoms with Gasteiger partial charge in [-0.3, -0.25) is 0 Å². The number of imidazole rings is 1. The molecule has 0 N–H and O–H groups in total. The lowest BCUT2D eigenvalue weighted by Gasteiger charge is -2.36. The second kappa shape index (κ2) is 7.41. The molecule has 5 rings (SSSR count). The normalized spacial score (nSPS) is 18.4. The Morgan fingerprint density at radius 2 is 1.61 bits per heavy atom. The number of anilines is 2. The van der Waals surface area contributed by atoms with Gasteiger partial charge in [-0.1, -0.05) is 36.0 Å². The number of rotatable bonds is 3. The van der Waals surface area contributed by atoms with Gasteiger partial charge in [-0.15, -0.1) is 0 Å². The highest BCUT2D eigenvalue weighted by molar-refractivity contribution is 6.42. The Hall–Kier alpha value is -2.05. The Bertz CT molecular complexity index is 990. The summed E-state index contributed by atoms with van der Waals surface area (Å²) in [5.41, 5.74) is 2.98. The van der Waals surface area contributed by atoms with E-state index in [1.807, 2.05) is 24.5 Å². The molecule has 2 aromatic heterocycles. The Balaban J connectivity index is 1.36. The zero-order valence-corrected chi connectivity index (χ0v) is 17.1. The number of nitrogens with zero attached hydrogens (tertiary/aromatic N) is 6. The van der Waals surface area contributed by atoms with Gasteiger partial charge in [-0.2, -0.15) is 0 Å². The van der Waals surface area contributed by atoms with Crippen molar-refractivity contribution in [3.8, 4) is 0 Å². The summed E-state index contributed by atoms with van der Waals surface area (Å²) in [5.74, 6) is 0.940. The van der Waals surface area contributed by atoms with Gasteiger partial charge < -0.3 is 14.4 Å². The predicted molar refractivity (Wildman–Crippen MR) is 114 cm³/mol. The van der Waals surface area contributed by atoms with Crippen molar-refractivity contribution in [2.75, 3.05) is 36.0 Å². The molecule has 3 heterocycles. The van der Waals surface area contributed by atoms with Crippen LogP contribution in [-0.4, -0.2) is 45.7 Å². The van der Waals surface area contributed by atoms with Gasteiger partial charge >= 0.3 is 0 Å². The van der Waals surface area contributed by atoms with Crippen LogP contribution in [0.2, 0.25) is 10.0 Å². The van der Waals surface area contributed by atoms with Gasteiger partial charge in [0.15, 0.2) is 17.0 Å². The fourth-order valence-electron chi connectivity index (χ4n) is 4.38. The molecule has 8 heteroatoms. The topological polar surface area (TPSA) is 50.1 Å². The summed E-state index contributed by atoms with van der Waals surface area (Å²) in [6, 6.07) is 6.34. The van der Waals surface area contributed by atoms with Crippen molar-refractivity contribution in [1.82, 2.24) is 19.5 Å². The van der Waals surface area contributed by atoms with E-state index in [1.54, 1.807) is 6.33 Å². The number of fused-ring (bicyclic) bond motifs is 1. The lowest BCUT2D eigenvalue weighted by Crippen LogP contribution is -2.47. The van der Waals surface area contributed by atoms with E-state index in [9.17, 15) is 0 Å². The van der Waals surface area contributed by atoms with Gasteiger partial charge in [0.25, 0.3) is 0 Å². The predicted octanol–water partition coefficient (Wildman–Crippen LogP) is 4.57. The van der Waals surface area contributed by atoms with Crippen molar-refractivity contribution < 1.29 is 0 Å². The molecule has 0 radical (unpaired) electrons. The van der Waals surface area contributed by atoms with Crippen molar-refractivity contribution in [2.45, 2.75) is 31.7 Å². The maximum absolute atomic E-state index is 6.18. The summed E-state index contributed by atoms with van der Waals surface area (Å²) >= 11 is 12.2. The number of halogens is 2. The summed E-state index contributed by atoms with van der Waals surface area (Å²) in [4.78, 5) is 18.4. The molecule has 1 aliphatic carbocycles. The van der Waals surface area contributed by atoms with Crippen molar-refractivity contribution in [3.63, 3.8) is 0 Å². The monoisotopic (exact) mass is 416 g/mol. The average molecular weight is 417 g/mol. The molecule has 3 aromatic rings. The third-order valence-electron chi connectivity index (χ3n) is 5.91. The first-order chi connectivity index (χ1) is 13.7. The van der Waals surface area contributed by atoms with Crippen LogP contribution in [0.25, 0.3) is 11.2 Å². The second-order valence-corrected chi connectivity index (χ2v) is 8.35. The van der Waals surface area contributed by atoms with Gasteiger partial charge in [0.1, 0.15) is 6.33 Å². The average Bonchev–Trinajstić information content (AvgIpc) is 3.39. The van der Waals surface area contributed by atoms with Crippen LogP contribution in [0.15, 0.2) is 30.9 Å². The van der Waals surface area contributed by atoms with Crippen LogP contribution in [0.4, 0.5) is 11.5 Å². The van der Waals surface area contributed by atoms with Crippen molar-refractivity contribution in [1.29, 1.82) is 0 Å². The first kappa shape index (κ1) is 18.0. The Morgan fingerprint density at radius 1 is 0.857 bits per heavy atom. The lowest BCUT2D eigenvalue weighted by atomic mass is 10.2. The number of hydrogen-bond acceptors (Lipinski definition) is 5. The van der Waals surface area contributed by atoms with Crippen LogP contribution >= 0.6 is 23.2 Å². The van der Waals surface area contributed by atoms with Crippen LogP contribution in [0, 0.1) is 0 Å². The maximum Gasteiger partial charge on any atom is 0.165 e. The zero-order valence-electron chi connectivity index (χ0n) is 15.6. The highest BCUT2D eigenvalue weighted by atomic mass is 35.5. The molecule has 1 saturated carbocycles. The minimum absolute atomic E-state index is 0.527. The molecule has 0 unspecified atom stereocenters. The summed E-state index contributed by atoms with van der Waals surface area (Å²) in [7, 11) is 0. The molecule has 1 saturated heterocycles. The van der Waals surface area contributed by atoms with E-state index in [4.69, 9.17) is 23.2 Å². The Morgan fingerprint density at radius 3 is 2.36 bits per heavy atom. The van der Waals surface area contributed by atoms with E-state index in [0.717, 1.165) is 48.8 Å². The standard InChI is InChI=1S/C20H22Cl2N6/c21-16-6-5-15(11-17(16)22)26-7-9-27(10-8-26)19-18-20(24-12-23-19)28(13-25-18)14-3-1-2-4-14/h5-6,11-14H,1-4,7-10H2. The SMILES string of the molecule is Clc1ccc(N2CCN(c3ncnc4c3ncn4C3CCCC3)CC2)cc1Cl. The van der Waals surface area contributed by atoms with E-state index >= 15 is 0 Å². The zero-order chi connectivity index (χ0) is 19.1. The van der Waals surface area contributed by atoms with Crippen LogP contribution in [0.1, 0.15) is 31.7 Å². The molecule has 28 heavy (non-hydrogen) atoms. The molecule has 0 spiro atoms. The molecule has 146 valence electrons. The number of piperazine rings is 1. The van der Waals surface area contributed by atoms with Gasteiger partial charge in [0.05, 0.1) is 16.4 Å². The summed E-state index contributed by atoms with van der Waals surface area (Å²) < 4.78 is 2.25. The van der Waals surface area contributed by atoms with E-state index in [0.29, 0.717) is 16.1 Å². The highest BCUT2D eigenvalue weighted by Gasteiger charge is 2.24. The largest absolute Gasteiger partial charge is 0.368 e. The third-order valence-corrected chi connectivity index (χ3v) is 6.64. The number of benzene rings is 1. The summed E-state index contributed by atoms with van der Waals surface area (Å²) in [6.07, 6.45) is 8.64. The minimum atomic E-state index is 0.527. The molecule has 2 fully saturated rings. The fourth-order valence-corrected chi connectivity index (χ4v) is 4.67. The molecule has 0 bridgehead atoms. The molecule has 2 aliphatic rings. The van der Waals surface area contributed by atoms with Crippen LogP contribution in [0.3, 0.4) is 0 Å². The summed E-state index contributed by atoms with van der Waals surface area (Å²) in [5, 5.41) is 1.18. The number of hydrogen-bond donors (Lipinski definition) is 0. The van der Waals surface area contributed by atoms with Gasteiger partial charge in [-0.25, -0.2) is 15.0 Å². The van der Waals surface area contributed by atoms with E-state index in [-0.39, 0.29) is 0 Å². The van der Waals surface area contributed by atoms with Crippen LogP contribution < -0.4 is 9.80 Å². The van der Waals surface area contributed by atoms with Crippen LogP contribution in [-0.2, 0) is 0 Å². The molecule has 0 amide bonds. The van der Waals surface area contributed by atoms with Crippen molar-refractivity contribution >= 4 is 45.9 Å². The highest BCUT2D eigenvalue weighted by Crippen LogP contribution is 2.33. The molecule has 6 nitrogen and oxygen atoms in total. The third kappa shape index (κ3) is 3.18. The first-order valence-electron chi connectivity index (χ1n) is 9.83. The van der Waals surface area contributed by atoms with Gasteiger partial charge in [-0.05, 0) is 31.0 Å². The van der Waals surface area contributed by atoms with Gasteiger partial charge in [0, 0.05) is 37.9 Å². The smallest absolute Gasteiger partial charge is 0.165 e.